The summed E-state index contributed by atoms with van der Waals surface area (Å²) in [5.41, 5.74) is 0.454. The Kier molecular flexibility index (Phi) is 4.22. The first-order chi connectivity index (χ1) is 12.1. The molecule has 8 nitrogen and oxygen atoms in total. The van der Waals surface area contributed by atoms with Gasteiger partial charge in [-0.25, -0.2) is 9.89 Å². The molecule has 8 heteroatoms. The Hall–Kier alpha value is -3.99. The third kappa shape index (κ3) is 3.20. The Morgan fingerprint density at radius 1 is 1.08 bits per heavy atom. The van der Waals surface area contributed by atoms with Gasteiger partial charge in [0, 0.05) is 0 Å². The van der Waals surface area contributed by atoms with Crippen molar-refractivity contribution in [3.63, 3.8) is 0 Å². The summed E-state index contributed by atoms with van der Waals surface area (Å²) in [5.74, 6) is -1.07. The van der Waals surface area contributed by atoms with Crippen molar-refractivity contribution in [2.75, 3.05) is 0 Å². The highest BCUT2D eigenvalue weighted by Crippen LogP contribution is 2.25. The van der Waals surface area contributed by atoms with Crippen molar-refractivity contribution in [3.05, 3.63) is 81.9 Å². The predicted octanol–water partition coefficient (Wildman–Crippen LogP) is 3.83. The van der Waals surface area contributed by atoms with Crippen molar-refractivity contribution in [2.24, 2.45) is 10.2 Å². The van der Waals surface area contributed by atoms with Gasteiger partial charge in [0.25, 0.3) is 5.82 Å². The third-order valence-corrected chi connectivity index (χ3v) is 3.35. The average molecular weight is 333 g/mol. The van der Waals surface area contributed by atoms with E-state index in [4.69, 9.17) is 11.7 Å². The van der Waals surface area contributed by atoms with Gasteiger partial charge >= 0.3 is 11.5 Å². The minimum absolute atomic E-state index is 0.0280. The van der Waals surface area contributed by atoms with Gasteiger partial charge in [-0.1, -0.05) is 24.8 Å². The van der Waals surface area contributed by atoms with Crippen molar-refractivity contribution in [3.8, 4) is 5.69 Å². The highest BCUT2D eigenvalue weighted by atomic mass is 16.4. The van der Waals surface area contributed by atoms with Gasteiger partial charge in [-0.3, -0.25) is 4.79 Å². The lowest BCUT2D eigenvalue weighted by Crippen LogP contribution is -2.13. The van der Waals surface area contributed by atoms with E-state index in [1.807, 2.05) is 6.07 Å². The smallest absolute Gasteiger partial charge is 0.335 e. The van der Waals surface area contributed by atoms with Crippen LogP contribution in [-0.4, -0.2) is 20.9 Å². The Morgan fingerprint density at radius 3 is 2.36 bits per heavy atom. The van der Waals surface area contributed by atoms with Gasteiger partial charge in [0.15, 0.2) is 5.69 Å². The van der Waals surface area contributed by atoms with Gasteiger partial charge in [-0.2, -0.15) is 14.9 Å². The number of aromatic nitrogens is 2. The molecular weight excluding hydrogens is 322 g/mol. The zero-order valence-corrected chi connectivity index (χ0v) is 12.7. The minimum atomic E-state index is -1.05. The molecule has 2 N–H and O–H groups in total. The van der Waals surface area contributed by atoms with E-state index in [1.54, 1.807) is 24.3 Å². The lowest BCUT2D eigenvalue weighted by Gasteiger charge is -1.96. The highest BCUT2D eigenvalue weighted by molar-refractivity contribution is 5.87. The molecule has 3 aromatic rings. The monoisotopic (exact) mass is 333 g/mol. The summed E-state index contributed by atoms with van der Waals surface area (Å²) in [6.07, 6.45) is 0. The van der Waals surface area contributed by atoms with Crippen LogP contribution in [0.4, 0.5) is 17.2 Å². The Balaban J connectivity index is 1.97. The molecule has 2 aromatic carbocycles. The summed E-state index contributed by atoms with van der Waals surface area (Å²) in [6, 6.07) is 14.5. The number of hydrogen-bond donors (Lipinski definition) is 2. The fourth-order valence-electron chi connectivity index (χ4n) is 2.12. The van der Waals surface area contributed by atoms with E-state index in [1.165, 1.54) is 28.9 Å². The van der Waals surface area contributed by atoms with Crippen LogP contribution >= 0.6 is 0 Å². The molecule has 0 aliphatic carbocycles. The van der Waals surface area contributed by atoms with E-state index >= 15 is 0 Å². The summed E-state index contributed by atoms with van der Waals surface area (Å²) in [4.78, 5) is 26.6. The van der Waals surface area contributed by atoms with E-state index in [0.29, 0.717) is 11.4 Å². The third-order valence-electron chi connectivity index (χ3n) is 3.35. The summed E-state index contributed by atoms with van der Waals surface area (Å²) in [7, 11) is 0. The number of H-pyrrole nitrogens is 1. The molecule has 1 heterocycles. The van der Waals surface area contributed by atoms with Crippen LogP contribution in [0.5, 0.6) is 0 Å². The molecule has 3 rings (SSSR count). The number of nitrogens with one attached hydrogen (secondary N) is 1. The molecule has 0 aliphatic rings. The van der Waals surface area contributed by atoms with Crippen molar-refractivity contribution < 1.29 is 9.90 Å². The van der Waals surface area contributed by atoms with Gasteiger partial charge in [-0.15, -0.1) is 0 Å². The molecular formula is C17H11N5O3. The normalized spacial score (nSPS) is 10.7. The van der Waals surface area contributed by atoms with Gasteiger partial charge in [0.05, 0.1) is 16.9 Å². The number of hydrogen-bond acceptors (Lipinski definition) is 4. The van der Waals surface area contributed by atoms with Crippen LogP contribution in [0.2, 0.25) is 0 Å². The molecule has 0 saturated carbocycles. The fourth-order valence-corrected chi connectivity index (χ4v) is 2.12. The van der Waals surface area contributed by atoms with Crippen LogP contribution in [0.3, 0.4) is 0 Å². The maximum Gasteiger partial charge on any atom is 0.335 e. The number of benzene rings is 2. The molecule has 0 unspecified atom stereocenters. The molecule has 1 aromatic heterocycles. The van der Waals surface area contributed by atoms with E-state index < -0.39 is 11.5 Å². The zero-order chi connectivity index (χ0) is 17.8. The second kappa shape index (κ2) is 6.64. The summed E-state index contributed by atoms with van der Waals surface area (Å²) in [5, 5.41) is 19.3. The van der Waals surface area contributed by atoms with Gasteiger partial charge in [0.2, 0.25) is 0 Å². The molecule has 0 spiro atoms. The summed E-state index contributed by atoms with van der Waals surface area (Å²) < 4.78 is 1.22. The average Bonchev–Trinajstić information content (AvgIpc) is 2.96. The molecule has 0 radical (unpaired) electrons. The molecule has 122 valence electrons. The largest absolute Gasteiger partial charge is 0.478 e. The van der Waals surface area contributed by atoms with E-state index in [0.717, 1.165) is 0 Å². The van der Waals surface area contributed by atoms with Crippen molar-refractivity contribution >= 4 is 23.2 Å². The molecule has 0 aliphatic heterocycles. The number of nitrogens with zero attached hydrogens (tertiary/aromatic N) is 4. The highest BCUT2D eigenvalue weighted by Gasteiger charge is 2.15. The van der Waals surface area contributed by atoms with E-state index in [-0.39, 0.29) is 17.1 Å². The van der Waals surface area contributed by atoms with Gasteiger partial charge < -0.3 is 9.95 Å². The zero-order valence-electron chi connectivity index (χ0n) is 12.7. The molecule has 0 saturated heterocycles. The quantitative estimate of drug-likeness (QED) is 0.560. The second-order valence-electron chi connectivity index (χ2n) is 4.95. The maximum atomic E-state index is 12.5. The molecule has 0 amide bonds. The number of aromatic carboxylic acids is 1. The summed E-state index contributed by atoms with van der Waals surface area (Å²) in [6.45, 7) is 7.19. The van der Waals surface area contributed by atoms with Gasteiger partial charge in [0.1, 0.15) is 0 Å². The minimum Gasteiger partial charge on any atom is -0.478 e. The van der Waals surface area contributed by atoms with Crippen LogP contribution in [0.15, 0.2) is 69.6 Å². The molecule has 25 heavy (non-hydrogen) atoms. The van der Waals surface area contributed by atoms with Crippen LogP contribution in [-0.2, 0) is 0 Å². The number of para-hydroxylation sites is 1. The standard InChI is InChI=1S/C17H11N5O3/c1-18-15-14(16(23)22(21-15)13-5-3-2-4-6-13)20-19-12-9-7-11(8-10-12)17(24)25/h2-10,21H,(H,24,25). The predicted molar refractivity (Wildman–Crippen MR) is 90.2 cm³/mol. The number of aromatic amines is 1. The first kappa shape index (κ1) is 15.9. The number of carboxylic acids is 1. The lowest BCUT2D eigenvalue weighted by molar-refractivity contribution is 0.0697. The fraction of sp³-hybridized carbons (Fsp3) is 0. The SMILES string of the molecule is [C-]#[N+]c1[nH]n(-c2ccccc2)c(=O)c1N=Nc1ccc(C(=O)O)cc1. The molecule has 0 fully saturated rings. The first-order valence-electron chi connectivity index (χ1n) is 7.13. The Bertz CT molecular complexity index is 1040. The van der Waals surface area contributed by atoms with E-state index in [2.05, 4.69) is 20.2 Å². The topological polar surface area (TPSA) is 104 Å². The molecule has 0 atom stereocenters. The number of rotatable bonds is 4. The number of carbonyl (C=O) groups is 1. The van der Waals surface area contributed by atoms with Crippen molar-refractivity contribution in [1.29, 1.82) is 0 Å². The first-order valence-corrected chi connectivity index (χ1v) is 7.13. The van der Waals surface area contributed by atoms with Crippen LogP contribution in [0.1, 0.15) is 10.4 Å². The second-order valence-corrected chi connectivity index (χ2v) is 4.95. The lowest BCUT2D eigenvalue weighted by atomic mass is 10.2. The van der Waals surface area contributed by atoms with E-state index in [9.17, 15) is 9.59 Å². The maximum absolute atomic E-state index is 12.5. The number of azo groups is 1. The molecule has 0 bridgehead atoms. The van der Waals surface area contributed by atoms with Crippen molar-refractivity contribution in [2.45, 2.75) is 0 Å². The number of carboxylic acid groups (broad SMARTS) is 1. The Labute approximate surface area is 141 Å². The van der Waals surface area contributed by atoms with Crippen LogP contribution < -0.4 is 5.56 Å². The van der Waals surface area contributed by atoms with Crippen molar-refractivity contribution in [1.82, 2.24) is 9.78 Å². The van der Waals surface area contributed by atoms with Crippen LogP contribution in [0, 0.1) is 6.57 Å². The summed E-state index contributed by atoms with van der Waals surface area (Å²) >= 11 is 0. The Morgan fingerprint density at radius 2 is 1.76 bits per heavy atom. The van der Waals surface area contributed by atoms with Gasteiger partial charge in [-0.05, 0) is 36.4 Å². The van der Waals surface area contributed by atoms with Crippen LogP contribution in [0.25, 0.3) is 10.5 Å².